The summed E-state index contributed by atoms with van der Waals surface area (Å²) in [5, 5.41) is 14.0. The van der Waals surface area contributed by atoms with Crippen LogP contribution in [-0.2, 0) is 11.3 Å². The third-order valence-corrected chi connectivity index (χ3v) is 3.57. The first-order valence-electron chi connectivity index (χ1n) is 5.71. The Hall–Kier alpha value is -0.420. The Labute approximate surface area is 101 Å². The number of rotatable bonds is 7. The highest BCUT2D eigenvalue weighted by molar-refractivity contribution is 7.07. The van der Waals surface area contributed by atoms with Gasteiger partial charge in [-0.25, -0.2) is 0 Å². The van der Waals surface area contributed by atoms with E-state index in [0.29, 0.717) is 19.2 Å². The SMILES string of the molecule is COCC(O)CN(Cc1ccsc1)C1CC1. The van der Waals surface area contributed by atoms with Crippen LogP contribution in [0.25, 0.3) is 0 Å². The number of hydrogen-bond donors (Lipinski definition) is 1. The maximum absolute atomic E-state index is 9.76. The van der Waals surface area contributed by atoms with Crippen LogP contribution in [0.4, 0.5) is 0 Å². The van der Waals surface area contributed by atoms with E-state index in [0.717, 1.165) is 6.54 Å². The van der Waals surface area contributed by atoms with Crippen molar-refractivity contribution < 1.29 is 9.84 Å². The van der Waals surface area contributed by atoms with Crippen molar-refractivity contribution in [3.05, 3.63) is 22.4 Å². The Morgan fingerprint density at radius 1 is 1.62 bits per heavy atom. The van der Waals surface area contributed by atoms with E-state index >= 15 is 0 Å². The van der Waals surface area contributed by atoms with Crippen molar-refractivity contribution in [2.75, 3.05) is 20.3 Å². The standard InChI is InChI=1S/C12H19NO2S/c1-15-8-12(14)7-13(11-2-3-11)6-10-4-5-16-9-10/h4-5,9,11-12,14H,2-3,6-8H2,1H3. The smallest absolute Gasteiger partial charge is 0.0900 e. The van der Waals surface area contributed by atoms with Gasteiger partial charge >= 0.3 is 0 Å². The number of aliphatic hydroxyl groups excluding tert-OH is 1. The molecule has 1 aliphatic carbocycles. The van der Waals surface area contributed by atoms with Crippen LogP contribution < -0.4 is 0 Å². The summed E-state index contributed by atoms with van der Waals surface area (Å²) in [6, 6.07) is 2.83. The predicted octanol–water partition coefficient (Wildman–Crippen LogP) is 1.72. The molecular weight excluding hydrogens is 222 g/mol. The van der Waals surface area contributed by atoms with Crippen molar-refractivity contribution in [1.82, 2.24) is 4.90 Å². The van der Waals surface area contributed by atoms with Gasteiger partial charge in [-0.15, -0.1) is 0 Å². The summed E-state index contributed by atoms with van der Waals surface area (Å²) in [6.07, 6.45) is 2.16. The molecule has 3 nitrogen and oxygen atoms in total. The molecule has 1 aliphatic rings. The highest BCUT2D eigenvalue weighted by Gasteiger charge is 2.30. The second-order valence-electron chi connectivity index (χ2n) is 4.40. The van der Waals surface area contributed by atoms with E-state index in [1.807, 2.05) is 0 Å². The summed E-state index contributed by atoms with van der Waals surface area (Å²) in [6.45, 7) is 2.09. The lowest BCUT2D eigenvalue weighted by Crippen LogP contribution is -2.35. The van der Waals surface area contributed by atoms with E-state index in [2.05, 4.69) is 21.7 Å². The van der Waals surface area contributed by atoms with E-state index in [1.54, 1.807) is 18.4 Å². The quantitative estimate of drug-likeness (QED) is 0.789. The van der Waals surface area contributed by atoms with Crippen molar-refractivity contribution in [2.45, 2.75) is 31.5 Å². The lowest BCUT2D eigenvalue weighted by atomic mass is 10.2. The fourth-order valence-electron chi connectivity index (χ4n) is 1.92. The Morgan fingerprint density at radius 3 is 3.00 bits per heavy atom. The molecular formula is C12H19NO2S. The summed E-state index contributed by atoms with van der Waals surface area (Å²) < 4.78 is 4.97. The van der Waals surface area contributed by atoms with Crippen molar-refractivity contribution in [2.24, 2.45) is 0 Å². The van der Waals surface area contributed by atoms with E-state index in [4.69, 9.17) is 4.74 Å². The second-order valence-corrected chi connectivity index (χ2v) is 5.18. The fourth-order valence-corrected chi connectivity index (χ4v) is 2.58. The topological polar surface area (TPSA) is 32.7 Å². The zero-order valence-corrected chi connectivity index (χ0v) is 10.4. The Balaban J connectivity index is 1.85. The molecule has 1 aromatic rings. The van der Waals surface area contributed by atoms with Crippen molar-refractivity contribution in [3.63, 3.8) is 0 Å². The van der Waals surface area contributed by atoms with Crippen LogP contribution in [0.1, 0.15) is 18.4 Å². The van der Waals surface area contributed by atoms with Crippen LogP contribution in [0, 0.1) is 0 Å². The third-order valence-electron chi connectivity index (χ3n) is 2.83. The first kappa shape index (κ1) is 12.0. The molecule has 0 aromatic carbocycles. The molecule has 2 rings (SSSR count). The number of ether oxygens (including phenoxy) is 1. The van der Waals surface area contributed by atoms with Crippen LogP contribution in [0.3, 0.4) is 0 Å². The summed E-state index contributed by atoms with van der Waals surface area (Å²) >= 11 is 1.73. The average molecular weight is 241 g/mol. The zero-order valence-electron chi connectivity index (χ0n) is 9.63. The molecule has 0 bridgehead atoms. The number of nitrogens with zero attached hydrogens (tertiary/aromatic N) is 1. The van der Waals surface area contributed by atoms with Gasteiger partial charge in [0, 0.05) is 26.2 Å². The first-order valence-corrected chi connectivity index (χ1v) is 6.66. The van der Waals surface area contributed by atoms with Crippen LogP contribution in [0.5, 0.6) is 0 Å². The number of hydrogen-bond acceptors (Lipinski definition) is 4. The molecule has 1 heterocycles. The highest BCUT2D eigenvalue weighted by atomic mass is 32.1. The van der Waals surface area contributed by atoms with E-state index in [1.165, 1.54) is 18.4 Å². The Bertz CT molecular complexity index is 298. The van der Waals surface area contributed by atoms with Gasteiger partial charge in [-0.1, -0.05) is 0 Å². The molecule has 1 aromatic heterocycles. The molecule has 0 aliphatic heterocycles. The van der Waals surface area contributed by atoms with Gasteiger partial charge in [0.25, 0.3) is 0 Å². The van der Waals surface area contributed by atoms with Crippen LogP contribution >= 0.6 is 11.3 Å². The molecule has 1 saturated carbocycles. The number of methoxy groups -OCH3 is 1. The molecule has 0 amide bonds. The van der Waals surface area contributed by atoms with Gasteiger partial charge in [-0.05, 0) is 35.2 Å². The van der Waals surface area contributed by atoms with E-state index in [-0.39, 0.29) is 6.10 Å². The Kier molecular flexibility index (Phi) is 4.35. The first-order chi connectivity index (χ1) is 7.79. The summed E-state index contributed by atoms with van der Waals surface area (Å²) in [5.41, 5.74) is 1.35. The molecule has 1 atom stereocenters. The lowest BCUT2D eigenvalue weighted by molar-refractivity contribution is 0.0337. The molecule has 4 heteroatoms. The fraction of sp³-hybridized carbons (Fsp3) is 0.667. The van der Waals surface area contributed by atoms with Gasteiger partial charge in [0.1, 0.15) is 0 Å². The molecule has 0 saturated heterocycles. The van der Waals surface area contributed by atoms with Crippen molar-refractivity contribution in [3.8, 4) is 0 Å². The summed E-state index contributed by atoms with van der Waals surface area (Å²) in [7, 11) is 1.63. The Morgan fingerprint density at radius 2 is 2.44 bits per heavy atom. The van der Waals surface area contributed by atoms with Crippen molar-refractivity contribution >= 4 is 11.3 Å². The summed E-state index contributed by atoms with van der Waals surface area (Å²) in [5.74, 6) is 0. The maximum Gasteiger partial charge on any atom is 0.0900 e. The molecule has 16 heavy (non-hydrogen) atoms. The van der Waals surface area contributed by atoms with E-state index in [9.17, 15) is 5.11 Å². The molecule has 90 valence electrons. The van der Waals surface area contributed by atoms with Crippen LogP contribution in [0.15, 0.2) is 16.8 Å². The highest BCUT2D eigenvalue weighted by Crippen LogP contribution is 2.28. The van der Waals surface area contributed by atoms with Gasteiger partial charge in [0.15, 0.2) is 0 Å². The third kappa shape index (κ3) is 3.56. The maximum atomic E-state index is 9.76. The number of thiophene rings is 1. The van der Waals surface area contributed by atoms with E-state index < -0.39 is 0 Å². The average Bonchev–Trinajstić information content (AvgIpc) is 2.98. The van der Waals surface area contributed by atoms with Gasteiger partial charge in [-0.2, -0.15) is 11.3 Å². The van der Waals surface area contributed by atoms with Crippen LogP contribution in [0.2, 0.25) is 0 Å². The summed E-state index contributed by atoms with van der Waals surface area (Å²) in [4.78, 5) is 2.37. The van der Waals surface area contributed by atoms with Gasteiger partial charge < -0.3 is 9.84 Å². The van der Waals surface area contributed by atoms with Gasteiger partial charge in [0.2, 0.25) is 0 Å². The second kappa shape index (κ2) is 5.77. The molecule has 1 fully saturated rings. The monoisotopic (exact) mass is 241 g/mol. The van der Waals surface area contributed by atoms with Gasteiger partial charge in [0.05, 0.1) is 12.7 Å². The normalized spacial score (nSPS) is 17.9. The number of aliphatic hydroxyl groups is 1. The van der Waals surface area contributed by atoms with Crippen LogP contribution in [-0.4, -0.2) is 42.4 Å². The predicted molar refractivity (Wildman–Crippen MR) is 65.6 cm³/mol. The molecule has 0 spiro atoms. The van der Waals surface area contributed by atoms with Crippen molar-refractivity contribution in [1.29, 1.82) is 0 Å². The minimum Gasteiger partial charge on any atom is -0.389 e. The molecule has 1 N–H and O–H groups in total. The van der Waals surface area contributed by atoms with Gasteiger partial charge in [-0.3, -0.25) is 4.90 Å². The minimum atomic E-state index is -0.371. The largest absolute Gasteiger partial charge is 0.389 e. The lowest BCUT2D eigenvalue weighted by Gasteiger charge is -2.24. The molecule has 0 radical (unpaired) electrons. The minimum absolute atomic E-state index is 0.371. The molecule has 1 unspecified atom stereocenters. The zero-order chi connectivity index (χ0) is 11.4.